The number of hydrogen-bond donors (Lipinski definition) is 0. The molecule has 2 rings (SSSR count). The van der Waals surface area contributed by atoms with Crippen molar-refractivity contribution < 1.29 is 8.78 Å². The maximum atomic E-state index is 13.1. The van der Waals surface area contributed by atoms with Crippen LogP contribution in [0.1, 0.15) is 37.5 Å². The molecule has 0 saturated heterocycles. The average Bonchev–Trinajstić information content (AvgIpc) is 2.47. The summed E-state index contributed by atoms with van der Waals surface area (Å²) in [6.45, 7) is 6.66. The number of rotatable bonds is 5. The summed E-state index contributed by atoms with van der Waals surface area (Å²) in [5.41, 5.74) is 3.84. The van der Waals surface area contributed by atoms with E-state index in [0.29, 0.717) is 0 Å². The van der Waals surface area contributed by atoms with Gasteiger partial charge in [0.15, 0.2) is 0 Å². The predicted octanol–water partition coefficient (Wildman–Crippen LogP) is 4.86. The Morgan fingerprint density at radius 3 is 2.09 bits per heavy atom. The summed E-state index contributed by atoms with van der Waals surface area (Å²) in [6, 6.07) is 13.1. The molecule has 0 saturated carbocycles. The zero-order valence-corrected chi connectivity index (χ0v) is 15.5. The molecular formula is C19H23AsF2. The van der Waals surface area contributed by atoms with E-state index in [2.05, 4.69) is 45.0 Å². The quantitative estimate of drug-likeness (QED) is 0.525. The van der Waals surface area contributed by atoms with Crippen molar-refractivity contribution in [2.75, 3.05) is 0 Å². The van der Waals surface area contributed by atoms with Crippen molar-refractivity contribution in [3.05, 3.63) is 70.8 Å². The van der Waals surface area contributed by atoms with E-state index in [9.17, 15) is 8.78 Å². The van der Waals surface area contributed by atoms with Crippen LogP contribution in [0.25, 0.3) is 0 Å². The summed E-state index contributed by atoms with van der Waals surface area (Å²) in [5.74, 6) is -1.51. The van der Waals surface area contributed by atoms with Gasteiger partial charge in [0.05, 0.1) is 0 Å². The van der Waals surface area contributed by atoms with Gasteiger partial charge in [0.1, 0.15) is 0 Å². The molecule has 0 nitrogen and oxygen atoms in total. The molecular weight excluding hydrogens is 341 g/mol. The van der Waals surface area contributed by atoms with Crippen LogP contribution in [0.3, 0.4) is 0 Å². The number of hydrogen-bond acceptors (Lipinski definition) is 0. The van der Waals surface area contributed by atoms with Crippen LogP contribution in [0.2, 0.25) is 5.21 Å². The second kappa shape index (κ2) is 7.42. The molecule has 1 unspecified atom stereocenters. The van der Waals surface area contributed by atoms with Crippen LogP contribution in [0.4, 0.5) is 8.78 Å². The first-order valence-corrected chi connectivity index (χ1v) is 10.6. The monoisotopic (exact) mass is 364 g/mol. The van der Waals surface area contributed by atoms with Gasteiger partial charge in [0.2, 0.25) is 0 Å². The minimum absolute atomic E-state index is 0.0889. The molecule has 2 aromatic carbocycles. The van der Waals surface area contributed by atoms with Crippen molar-refractivity contribution in [1.82, 2.24) is 0 Å². The van der Waals surface area contributed by atoms with Crippen LogP contribution in [0, 0.1) is 11.6 Å². The fraction of sp³-hybridized carbons (Fsp3) is 0.368. The van der Waals surface area contributed by atoms with Gasteiger partial charge in [0.25, 0.3) is 0 Å². The fourth-order valence-corrected chi connectivity index (χ4v) is 4.73. The Bertz CT molecular complexity index is 612. The van der Waals surface area contributed by atoms with Gasteiger partial charge in [-0.05, 0) is 0 Å². The van der Waals surface area contributed by atoms with Crippen molar-refractivity contribution in [3.8, 4) is 0 Å². The fourth-order valence-electron chi connectivity index (χ4n) is 2.28. The van der Waals surface area contributed by atoms with Gasteiger partial charge in [0, 0.05) is 0 Å². The molecule has 0 fully saturated rings. The molecule has 118 valence electrons. The van der Waals surface area contributed by atoms with E-state index in [-0.39, 0.29) is 21.2 Å². The molecule has 0 aromatic heterocycles. The molecule has 0 amide bonds. The molecule has 0 radical (unpaired) electrons. The molecule has 1 atom stereocenters. The normalized spacial score (nSPS) is 12.2. The molecule has 0 aliphatic carbocycles. The molecule has 3 heteroatoms. The van der Waals surface area contributed by atoms with E-state index in [4.69, 9.17) is 0 Å². The van der Waals surface area contributed by atoms with Crippen LogP contribution in [-0.2, 0) is 17.0 Å². The molecule has 22 heavy (non-hydrogen) atoms. The van der Waals surface area contributed by atoms with E-state index >= 15 is 0 Å². The van der Waals surface area contributed by atoms with Gasteiger partial charge in [-0.3, -0.25) is 0 Å². The molecule has 0 aliphatic rings. The second-order valence-electron chi connectivity index (χ2n) is 6.62. The summed E-state index contributed by atoms with van der Waals surface area (Å²) in [4.78, 5) is 0. The van der Waals surface area contributed by atoms with Gasteiger partial charge in [-0.25, -0.2) is 0 Å². The third-order valence-electron chi connectivity index (χ3n) is 3.72. The van der Waals surface area contributed by atoms with Gasteiger partial charge in [-0.1, -0.05) is 0 Å². The first-order valence-electron chi connectivity index (χ1n) is 7.60. The molecule has 0 aliphatic heterocycles. The average molecular weight is 364 g/mol. The summed E-state index contributed by atoms with van der Waals surface area (Å²) < 4.78 is 26.0. The van der Waals surface area contributed by atoms with Crippen molar-refractivity contribution in [2.45, 2.75) is 43.0 Å². The molecule has 0 spiro atoms. The van der Waals surface area contributed by atoms with Crippen molar-refractivity contribution in [3.63, 3.8) is 0 Å². The van der Waals surface area contributed by atoms with E-state index in [1.54, 1.807) is 6.07 Å². The zero-order chi connectivity index (χ0) is 16.2. The zero-order valence-electron chi connectivity index (χ0n) is 13.4. The van der Waals surface area contributed by atoms with Crippen LogP contribution < -0.4 is 0 Å². The standard InChI is InChI=1S/C19H23AsF2/c1-19(2,3)16-7-4-15(5-8-16)13-20-11-10-14-6-9-17(21)18(22)12-14/h4-9,12,20H,10-11,13H2,1-3H3. The SMILES string of the molecule is CC(C)(C)c1ccc(C[AsH]CCc2ccc(F)c(F)c2)cc1. The summed E-state index contributed by atoms with van der Waals surface area (Å²) in [6.07, 6.45) is 0.845. The van der Waals surface area contributed by atoms with Crippen molar-refractivity contribution >= 4 is 15.8 Å². The summed E-state index contributed by atoms with van der Waals surface area (Å²) in [5, 5.41) is 2.25. The maximum absolute atomic E-state index is 13.1. The van der Waals surface area contributed by atoms with Crippen LogP contribution in [0.5, 0.6) is 0 Å². The summed E-state index contributed by atoms with van der Waals surface area (Å²) >= 11 is -0.0889. The topological polar surface area (TPSA) is 0 Å². The molecule has 0 N–H and O–H groups in total. The van der Waals surface area contributed by atoms with Crippen LogP contribution in [-0.4, -0.2) is 15.8 Å². The van der Waals surface area contributed by atoms with E-state index in [0.717, 1.165) is 22.4 Å². The Balaban J connectivity index is 1.80. The van der Waals surface area contributed by atoms with Crippen molar-refractivity contribution in [1.29, 1.82) is 0 Å². The third-order valence-corrected chi connectivity index (χ3v) is 6.37. The van der Waals surface area contributed by atoms with E-state index in [1.165, 1.54) is 23.3 Å². The molecule has 0 heterocycles. The Morgan fingerprint density at radius 1 is 0.864 bits per heavy atom. The Kier molecular flexibility index (Phi) is 5.80. The second-order valence-corrected chi connectivity index (χ2v) is 9.46. The Hall–Kier alpha value is -1.14. The van der Waals surface area contributed by atoms with Gasteiger partial charge in [-0.15, -0.1) is 0 Å². The third kappa shape index (κ3) is 4.95. The minimum atomic E-state index is -0.765. The molecule has 2 aromatic rings. The Labute approximate surface area is 138 Å². The number of aryl methyl sites for hydroxylation is 1. The van der Waals surface area contributed by atoms with Gasteiger partial charge >= 0.3 is 138 Å². The van der Waals surface area contributed by atoms with Crippen molar-refractivity contribution in [2.24, 2.45) is 0 Å². The summed E-state index contributed by atoms with van der Waals surface area (Å²) in [7, 11) is 0. The first kappa shape index (κ1) is 17.2. The van der Waals surface area contributed by atoms with Gasteiger partial charge < -0.3 is 0 Å². The predicted molar refractivity (Wildman–Crippen MR) is 90.9 cm³/mol. The number of benzene rings is 2. The number of halogens is 2. The van der Waals surface area contributed by atoms with E-state index < -0.39 is 11.6 Å². The first-order chi connectivity index (χ1) is 10.4. The van der Waals surface area contributed by atoms with Crippen LogP contribution in [0.15, 0.2) is 42.5 Å². The molecule has 0 bridgehead atoms. The van der Waals surface area contributed by atoms with E-state index in [1.807, 2.05) is 0 Å². The van der Waals surface area contributed by atoms with Crippen LogP contribution >= 0.6 is 0 Å². The Morgan fingerprint density at radius 2 is 1.50 bits per heavy atom. The van der Waals surface area contributed by atoms with Gasteiger partial charge in [-0.2, -0.15) is 0 Å².